The third kappa shape index (κ3) is 2.38. The van der Waals surface area contributed by atoms with Crippen LogP contribution in [0, 0.1) is 0 Å². The predicted octanol–water partition coefficient (Wildman–Crippen LogP) is 3.88. The lowest BCUT2D eigenvalue weighted by molar-refractivity contribution is 0.246. The van der Waals surface area contributed by atoms with E-state index in [0.29, 0.717) is 6.04 Å². The second-order valence-corrected chi connectivity index (χ2v) is 7.04. The second kappa shape index (κ2) is 6.04. The van der Waals surface area contributed by atoms with Crippen molar-refractivity contribution in [3.05, 3.63) is 54.1 Å². The van der Waals surface area contributed by atoms with Gasteiger partial charge in [-0.2, -0.15) is 0 Å². The lowest BCUT2D eigenvalue weighted by atomic mass is 9.99. The van der Waals surface area contributed by atoms with E-state index in [-0.39, 0.29) is 12.1 Å². The molecule has 0 saturated carbocycles. The molecule has 0 N–H and O–H groups in total. The van der Waals surface area contributed by atoms with Gasteiger partial charge in [0, 0.05) is 36.4 Å². The average Bonchev–Trinajstić information content (AvgIpc) is 3.29. The van der Waals surface area contributed by atoms with Crippen molar-refractivity contribution in [2.24, 2.45) is 4.99 Å². The minimum absolute atomic E-state index is 0.0910. The molecular weight excluding hydrogens is 304 g/mol. The zero-order chi connectivity index (χ0) is 15.8. The van der Waals surface area contributed by atoms with Gasteiger partial charge in [0.05, 0.1) is 11.7 Å². The molecule has 0 bridgehead atoms. The van der Waals surface area contributed by atoms with Crippen LogP contribution in [0.4, 0.5) is 0 Å². The fourth-order valence-corrected chi connectivity index (χ4v) is 4.99. The van der Waals surface area contributed by atoms with Gasteiger partial charge in [0.25, 0.3) is 0 Å². The van der Waals surface area contributed by atoms with Crippen LogP contribution in [0.1, 0.15) is 43.7 Å². The van der Waals surface area contributed by atoms with Crippen LogP contribution >= 0.6 is 11.8 Å². The first-order valence-electron chi connectivity index (χ1n) is 8.38. The number of fused-ring (bicyclic) bond motifs is 1. The molecule has 23 heavy (non-hydrogen) atoms. The van der Waals surface area contributed by atoms with E-state index in [0.717, 1.165) is 24.4 Å². The zero-order valence-corrected chi connectivity index (χ0v) is 14.4. The quantitative estimate of drug-likeness (QED) is 0.855. The third-order valence-corrected chi connectivity index (χ3v) is 5.96. The standard InChI is InChI=1S/C18H22N4S/c1-3-13-12-23-18-20-16(14-8-5-6-10-19-14)17(22(13)18)15-9-7-11-21(15)4-2/h5-11,13,16-17H,3-4,12H2,1-2H3/t13-,16-,17-/m1/s1. The number of aliphatic imine (C=N–C) groups is 1. The molecule has 0 radical (unpaired) electrons. The Kier molecular flexibility index (Phi) is 3.89. The van der Waals surface area contributed by atoms with Crippen molar-refractivity contribution in [3.8, 4) is 0 Å². The number of hydrogen-bond acceptors (Lipinski definition) is 4. The summed E-state index contributed by atoms with van der Waals surface area (Å²) < 4.78 is 2.34. The smallest absolute Gasteiger partial charge is 0.160 e. The van der Waals surface area contributed by atoms with E-state index in [1.165, 1.54) is 10.9 Å². The van der Waals surface area contributed by atoms with Crippen LogP contribution in [0.2, 0.25) is 0 Å². The van der Waals surface area contributed by atoms with E-state index in [9.17, 15) is 0 Å². The molecule has 0 unspecified atom stereocenters. The molecule has 4 rings (SSSR count). The maximum absolute atomic E-state index is 5.06. The van der Waals surface area contributed by atoms with Crippen molar-refractivity contribution in [2.75, 3.05) is 5.75 Å². The molecule has 5 heteroatoms. The summed E-state index contributed by atoms with van der Waals surface area (Å²) in [4.78, 5) is 12.2. The van der Waals surface area contributed by atoms with Gasteiger partial charge in [-0.1, -0.05) is 24.8 Å². The summed E-state index contributed by atoms with van der Waals surface area (Å²) >= 11 is 1.90. The number of amidine groups is 1. The van der Waals surface area contributed by atoms with Crippen molar-refractivity contribution >= 4 is 16.9 Å². The Labute approximate surface area is 141 Å². The Balaban J connectivity index is 1.80. The van der Waals surface area contributed by atoms with Crippen molar-refractivity contribution in [3.63, 3.8) is 0 Å². The number of aryl methyl sites for hydroxylation is 1. The van der Waals surface area contributed by atoms with Crippen LogP contribution in [0.15, 0.2) is 47.7 Å². The Morgan fingerprint density at radius 2 is 2.13 bits per heavy atom. The first-order chi connectivity index (χ1) is 11.3. The van der Waals surface area contributed by atoms with Gasteiger partial charge in [0.1, 0.15) is 6.04 Å². The molecule has 0 spiro atoms. The Bertz CT molecular complexity index is 709. The van der Waals surface area contributed by atoms with Crippen LogP contribution in [-0.4, -0.2) is 31.4 Å². The summed E-state index contributed by atoms with van der Waals surface area (Å²) in [6.07, 6.45) is 5.20. The van der Waals surface area contributed by atoms with Gasteiger partial charge in [-0.15, -0.1) is 0 Å². The van der Waals surface area contributed by atoms with E-state index in [2.05, 4.69) is 58.8 Å². The van der Waals surface area contributed by atoms with Gasteiger partial charge >= 0.3 is 0 Å². The molecule has 0 aromatic carbocycles. The van der Waals surface area contributed by atoms with E-state index in [1.807, 2.05) is 24.0 Å². The second-order valence-electron chi connectivity index (χ2n) is 6.06. The third-order valence-electron chi connectivity index (χ3n) is 4.84. The highest BCUT2D eigenvalue weighted by atomic mass is 32.2. The Morgan fingerprint density at radius 3 is 2.87 bits per heavy atom. The van der Waals surface area contributed by atoms with Gasteiger partial charge in [0.15, 0.2) is 5.17 Å². The lowest BCUT2D eigenvalue weighted by Gasteiger charge is -2.32. The maximum atomic E-state index is 5.06. The minimum atomic E-state index is 0.0910. The van der Waals surface area contributed by atoms with Crippen LogP contribution in [0.3, 0.4) is 0 Å². The molecule has 4 nitrogen and oxygen atoms in total. The number of aromatic nitrogens is 2. The summed E-state index contributed by atoms with van der Waals surface area (Å²) in [5, 5.41) is 1.20. The molecule has 2 aromatic heterocycles. The van der Waals surface area contributed by atoms with Crippen molar-refractivity contribution in [1.82, 2.24) is 14.5 Å². The molecule has 2 aromatic rings. The maximum Gasteiger partial charge on any atom is 0.160 e. The van der Waals surface area contributed by atoms with E-state index in [4.69, 9.17) is 4.99 Å². The molecule has 2 aliphatic heterocycles. The number of hydrogen-bond donors (Lipinski definition) is 0. The lowest BCUT2D eigenvalue weighted by Crippen LogP contribution is -2.36. The SMILES string of the molecule is CC[C@@H]1CSC2=N[C@H](c3ccccn3)[C@@H](c3cccn3CC)N21. The van der Waals surface area contributed by atoms with Gasteiger partial charge in [-0.25, -0.2) is 0 Å². The highest BCUT2D eigenvalue weighted by Gasteiger charge is 2.46. The van der Waals surface area contributed by atoms with E-state index in [1.54, 1.807) is 0 Å². The summed E-state index contributed by atoms with van der Waals surface area (Å²) in [6, 6.07) is 11.5. The predicted molar refractivity (Wildman–Crippen MR) is 95.6 cm³/mol. The Hall–Kier alpha value is -1.75. The molecular formula is C18H22N4S. The molecule has 0 aliphatic carbocycles. The van der Waals surface area contributed by atoms with Gasteiger partial charge < -0.3 is 9.47 Å². The zero-order valence-electron chi connectivity index (χ0n) is 13.6. The highest BCUT2D eigenvalue weighted by Crippen LogP contribution is 2.48. The van der Waals surface area contributed by atoms with Crippen molar-refractivity contribution in [1.29, 1.82) is 0 Å². The van der Waals surface area contributed by atoms with Crippen LogP contribution < -0.4 is 0 Å². The van der Waals surface area contributed by atoms with Gasteiger partial charge in [-0.3, -0.25) is 9.98 Å². The fourth-order valence-electron chi connectivity index (χ4n) is 3.65. The average molecular weight is 326 g/mol. The summed E-state index contributed by atoms with van der Waals surface area (Å²) in [7, 11) is 0. The molecule has 4 heterocycles. The minimum Gasteiger partial charge on any atom is -0.350 e. The normalized spacial score (nSPS) is 26.4. The van der Waals surface area contributed by atoms with Gasteiger partial charge in [0.2, 0.25) is 0 Å². The van der Waals surface area contributed by atoms with Crippen LogP contribution in [-0.2, 0) is 6.54 Å². The van der Waals surface area contributed by atoms with Crippen LogP contribution in [0.25, 0.3) is 0 Å². The van der Waals surface area contributed by atoms with E-state index >= 15 is 0 Å². The molecule has 2 aliphatic rings. The monoisotopic (exact) mass is 326 g/mol. The molecule has 1 saturated heterocycles. The molecule has 120 valence electrons. The highest BCUT2D eigenvalue weighted by molar-refractivity contribution is 8.14. The first kappa shape index (κ1) is 14.8. The van der Waals surface area contributed by atoms with Crippen molar-refractivity contribution < 1.29 is 0 Å². The topological polar surface area (TPSA) is 33.4 Å². The molecule has 0 amide bonds. The summed E-state index contributed by atoms with van der Waals surface area (Å²) in [5.41, 5.74) is 2.42. The summed E-state index contributed by atoms with van der Waals surface area (Å²) in [6.45, 7) is 5.46. The number of pyridine rings is 1. The molecule has 1 fully saturated rings. The van der Waals surface area contributed by atoms with E-state index < -0.39 is 0 Å². The largest absolute Gasteiger partial charge is 0.350 e. The van der Waals surface area contributed by atoms with Crippen LogP contribution in [0.5, 0.6) is 0 Å². The fraction of sp³-hybridized carbons (Fsp3) is 0.444. The van der Waals surface area contributed by atoms with Gasteiger partial charge in [-0.05, 0) is 37.6 Å². The molecule has 3 atom stereocenters. The first-order valence-corrected chi connectivity index (χ1v) is 9.37. The number of thioether (sulfide) groups is 1. The Morgan fingerprint density at radius 1 is 1.22 bits per heavy atom. The summed E-state index contributed by atoms with van der Waals surface area (Å²) in [5.74, 6) is 1.15. The number of rotatable bonds is 4. The number of nitrogens with zero attached hydrogens (tertiary/aromatic N) is 4. The van der Waals surface area contributed by atoms with Crippen molar-refractivity contribution in [2.45, 2.75) is 44.9 Å².